The lowest BCUT2D eigenvalue weighted by molar-refractivity contribution is -0.140. The number of hydrogen-bond donors (Lipinski definition) is 0. The van der Waals surface area contributed by atoms with Gasteiger partial charge in [-0.1, -0.05) is 13.3 Å². The second-order valence-electron chi connectivity index (χ2n) is 7.30. The van der Waals surface area contributed by atoms with Crippen molar-refractivity contribution in [2.45, 2.75) is 52.1 Å². The Labute approximate surface area is 158 Å². The number of rotatable bonds is 5. The van der Waals surface area contributed by atoms with Gasteiger partial charge in [-0.05, 0) is 26.2 Å². The predicted octanol–water partition coefficient (Wildman–Crippen LogP) is 2.82. The molecule has 0 radical (unpaired) electrons. The molecule has 138 valence electrons. The highest BCUT2D eigenvalue weighted by Gasteiger charge is 2.41. The van der Waals surface area contributed by atoms with Crippen molar-refractivity contribution in [1.82, 2.24) is 19.9 Å². The average molecular weight is 372 g/mol. The second kappa shape index (κ2) is 7.31. The molecule has 2 bridgehead atoms. The molecule has 7 heteroatoms. The van der Waals surface area contributed by atoms with E-state index in [9.17, 15) is 4.79 Å². The van der Waals surface area contributed by atoms with Crippen LogP contribution in [0.5, 0.6) is 0 Å². The van der Waals surface area contributed by atoms with Gasteiger partial charge in [-0.15, -0.1) is 11.3 Å². The smallest absolute Gasteiger partial charge is 0.228 e. The molecule has 0 saturated carbocycles. The van der Waals surface area contributed by atoms with Crippen LogP contribution in [0.1, 0.15) is 43.3 Å². The number of piperidine rings is 1. The molecule has 6 nitrogen and oxygen atoms in total. The lowest BCUT2D eigenvalue weighted by atomic mass is 9.94. The number of hydrogen-bond acceptors (Lipinski definition) is 6. The number of carbonyl (C=O) groups is 1. The summed E-state index contributed by atoms with van der Waals surface area (Å²) >= 11 is 1.58. The summed E-state index contributed by atoms with van der Waals surface area (Å²) in [4.78, 5) is 30.9. The number of anilines is 1. The highest BCUT2D eigenvalue weighted by atomic mass is 32.1. The zero-order chi connectivity index (χ0) is 18.1. The van der Waals surface area contributed by atoms with Gasteiger partial charge in [0.05, 0.1) is 23.7 Å². The molecule has 0 aliphatic carbocycles. The summed E-state index contributed by atoms with van der Waals surface area (Å²) in [5.41, 5.74) is 4.02. The summed E-state index contributed by atoms with van der Waals surface area (Å²) in [6.07, 6.45) is 6.03. The van der Waals surface area contributed by atoms with Crippen LogP contribution in [0.25, 0.3) is 0 Å². The van der Waals surface area contributed by atoms with Gasteiger partial charge in [0, 0.05) is 36.3 Å². The molecule has 5 heterocycles. The van der Waals surface area contributed by atoms with Gasteiger partial charge < -0.3 is 9.80 Å². The lowest BCUT2D eigenvalue weighted by Gasteiger charge is -2.35. The van der Waals surface area contributed by atoms with E-state index in [1.165, 1.54) is 5.56 Å². The third kappa shape index (κ3) is 3.32. The number of amides is 1. The molecule has 26 heavy (non-hydrogen) atoms. The molecule has 2 unspecified atom stereocenters. The van der Waals surface area contributed by atoms with Gasteiger partial charge in [0.2, 0.25) is 5.91 Å². The highest BCUT2D eigenvalue weighted by molar-refractivity contribution is 7.07. The number of aryl methyl sites for hydroxylation is 2. The van der Waals surface area contributed by atoms with E-state index in [1.54, 1.807) is 11.3 Å². The molecule has 1 amide bonds. The van der Waals surface area contributed by atoms with Crippen molar-refractivity contribution >= 4 is 23.1 Å². The first-order valence-electron chi connectivity index (χ1n) is 9.40. The highest BCUT2D eigenvalue weighted by Crippen LogP contribution is 2.33. The van der Waals surface area contributed by atoms with Crippen molar-refractivity contribution in [2.75, 3.05) is 18.0 Å². The second-order valence-corrected chi connectivity index (χ2v) is 8.01. The maximum atomic E-state index is 13.0. The molecule has 3 fully saturated rings. The summed E-state index contributed by atoms with van der Waals surface area (Å²) < 4.78 is 0. The van der Waals surface area contributed by atoms with E-state index in [2.05, 4.69) is 26.7 Å². The Balaban J connectivity index is 1.62. The maximum absolute atomic E-state index is 13.0. The Morgan fingerprint density at radius 1 is 1.27 bits per heavy atom. The van der Waals surface area contributed by atoms with Gasteiger partial charge in [0.25, 0.3) is 0 Å². The van der Waals surface area contributed by atoms with Crippen molar-refractivity contribution in [2.24, 2.45) is 5.92 Å². The summed E-state index contributed by atoms with van der Waals surface area (Å²) in [6.45, 7) is 6.35. The molecule has 2 aromatic heterocycles. The van der Waals surface area contributed by atoms with Crippen LogP contribution in [0.3, 0.4) is 0 Å². The number of fused-ring (bicyclic) bond motifs is 4. The van der Waals surface area contributed by atoms with Crippen LogP contribution in [0.2, 0.25) is 0 Å². The summed E-state index contributed by atoms with van der Waals surface area (Å²) in [5, 5.41) is 2.04. The Morgan fingerprint density at radius 3 is 2.92 bits per heavy atom. The zero-order valence-corrected chi connectivity index (χ0v) is 16.2. The number of carbonyl (C=O) groups excluding carboxylic acids is 1. The van der Waals surface area contributed by atoms with Crippen LogP contribution >= 0.6 is 11.3 Å². The van der Waals surface area contributed by atoms with E-state index in [1.807, 2.05) is 24.0 Å². The summed E-state index contributed by atoms with van der Waals surface area (Å²) in [7, 11) is 0. The van der Waals surface area contributed by atoms with Gasteiger partial charge in [0.15, 0.2) is 0 Å². The topological polar surface area (TPSA) is 62.2 Å². The quantitative estimate of drug-likeness (QED) is 0.809. The number of nitrogens with zero attached hydrogens (tertiary/aromatic N) is 5. The van der Waals surface area contributed by atoms with Crippen LogP contribution in [-0.2, 0) is 17.8 Å². The molecule has 3 saturated heterocycles. The molecule has 5 rings (SSSR count). The van der Waals surface area contributed by atoms with Crippen molar-refractivity contribution in [3.05, 3.63) is 34.2 Å². The van der Waals surface area contributed by atoms with E-state index >= 15 is 0 Å². The fourth-order valence-corrected chi connectivity index (χ4v) is 4.66. The third-order valence-electron chi connectivity index (χ3n) is 5.39. The minimum absolute atomic E-state index is 0.0529. The monoisotopic (exact) mass is 371 g/mol. The molecule has 0 N–H and O–H groups in total. The summed E-state index contributed by atoms with van der Waals surface area (Å²) in [6, 6.07) is 0.229. The Morgan fingerprint density at radius 2 is 2.15 bits per heavy atom. The van der Waals surface area contributed by atoms with Crippen LogP contribution in [0, 0.1) is 12.8 Å². The lowest BCUT2D eigenvalue weighted by Crippen LogP contribution is -2.47. The number of aromatic nitrogens is 3. The van der Waals surface area contributed by atoms with E-state index in [4.69, 9.17) is 4.98 Å². The molecular formula is C19H25N5OS. The fraction of sp³-hybridized carbons (Fsp3) is 0.579. The zero-order valence-electron chi connectivity index (χ0n) is 15.4. The molecule has 0 spiro atoms. The minimum Gasteiger partial charge on any atom is -0.353 e. The van der Waals surface area contributed by atoms with Gasteiger partial charge in [-0.25, -0.2) is 15.0 Å². The molecule has 0 aromatic carbocycles. The van der Waals surface area contributed by atoms with E-state index < -0.39 is 0 Å². The number of thiazole rings is 1. The van der Waals surface area contributed by atoms with Crippen LogP contribution < -0.4 is 4.90 Å². The molecule has 3 aliphatic rings. The normalized spacial score (nSPS) is 22.8. The van der Waals surface area contributed by atoms with Crippen LogP contribution in [0.4, 0.5) is 5.82 Å². The summed E-state index contributed by atoms with van der Waals surface area (Å²) in [5.74, 6) is 2.15. The Bertz CT molecular complexity index is 778. The first-order chi connectivity index (χ1) is 12.7. The van der Waals surface area contributed by atoms with E-state index in [0.717, 1.165) is 56.1 Å². The SMILES string of the molecule is CCCc1cnc(C)nc1N1CC2CCC(C1)N(Cc1cscn1)C2=O. The molecule has 3 aliphatic heterocycles. The van der Waals surface area contributed by atoms with Gasteiger partial charge in [-0.3, -0.25) is 4.79 Å². The van der Waals surface area contributed by atoms with Gasteiger partial charge in [0.1, 0.15) is 11.6 Å². The molecule has 2 atom stereocenters. The van der Waals surface area contributed by atoms with Crippen molar-refractivity contribution < 1.29 is 4.79 Å². The van der Waals surface area contributed by atoms with Crippen LogP contribution in [-0.4, -0.2) is 44.9 Å². The van der Waals surface area contributed by atoms with Crippen molar-refractivity contribution in [3.8, 4) is 0 Å². The predicted molar refractivity (Wildman–Crippen MR) is 102 cm³/mol. The maximum Gasteiger partial charge on any atom is 0.228 e. The first kappa shape index (κ1) is 17.4. The fourth-order valence-electron chi connectivity index (χ4n) is 4.11. The van der Waals surface area contributed by atoms with Gasteiger partial charge >= 0.3 is 0 Å². The van der Waals surface area contributed by atoms with E-state index in [-0.39, 0.29) is 17.9 Å². The third-order valence-corrected chi connectivity index (χ3v) is 6.03. The molecular weight excluding hydrogens is 346 g/mol. The molecule has 2 aromatic rings. The minimum atomic E-state index is 0.0529. The van der Waals surface area contributed by atoms with Crippen molar-refractivity contribution in [3.63, 3.8) is 0 Å². The van der Waals surface area contributed by atoms with Gasteiger partial charge in [-0.2, -0.15) is 0 Å². The largest absolute Gasteiger partial charge is 0.353 e. The van der Waals surface area contributed by atoms with Crippen molar-refractivity contribution in [1.29, 1.82) is 0 Å². The Kier molecular flexibility index (Phi) is 4.89. The van der Waals surface area contributed by atoms with Crippen LogP contribution in [0.15, 0.2) is 17.1 Å². The van der Waals surface area contributed by atoms with E-state index in [0.29, 0.717) is 6.54 Å². The Hall–Kier alpha value is -2.02. The average Bonchev–Trinajstić information content (AvgIpc) is 3.00. The standard InChI is InChI=1S/C19H25N5OS/c1-3-4-14-7-20-13(2)22-18(14)23-8-15-5-6-17(10-23)24(19(15)25)9-16-11-26-12-21-16/h7,11-12,15,17H,3-6,8-10H2,1-2H3. The first-order valence-corrected chi connectivity index (χ1v) is 10.3.